The number of nitrogens with zero attached hydrogens (tertiary/aromatic N) is 1. The lowest BCUT2D eigenvalue weighted by molar-refractivity contribution is 0.0477. The molecule has 21 heavy (non-hydrogen) atoms. The van der Waals surface area contributed by atoms with E-state index in [0.717, 1.165) is 0 Å². The van der Waals surface area contributed by atoms with Crippen molar-refractivity contribution >= 4 is 11.6 Å². The van der Waals surface area contributed by atoms with Gasteiger partial charge in [-0.25, -0.2) is 4.39 Å². The molecule has 6 heteroatoms. The van der Waals surface area contributed by atoms with Crippen LogP contribution in [0.25, 0.3) is 0 Å². The summed E-state index contributed by atoms with van der Waals surface area (Å²) >= 11 is 5.99. The Labute approximate surface area is 131 Å². The van der Waals surface area contributed by atoms with Gasteiger partial charge >= 0.3 is 0 Å². The standard InChI is InChI=1S/C15H24ClFN2O2/c1-11(10-21-3)19(6-7-20-2)15(9-18)13-8-12(16)4-5-14(13)17/h4-5,8,11,15H,6-7,9-10,18H2,1-3H3. The van der Waals surface area contributed by atoms with Gasteiger partial charge in [-0.1, -0.05) is 11.6 Å². The van der Waals surface area contributed by atoms with Gasteiger partial charge in [0.15, 0.2) is 0 Å². The van der Waals surface area contributed by atoms with Crippen LogP contribution in [0.3, 0.4) is 0 Å². The molecule has 4 nitrogen and oxygen atoms in total. The monoisotopic (exact) mass is 318 g/mol. The van der Waals surface area contributed by atoms with Gasteiger partial charge in [-0.15, -0.1) is 0 Å². The van der Waals surface area contributed by atoms with E-state index in [9.17, 15) is 4.39 Å². The molecule has 2 unspecified atom stereocenters. The summed E-state index contributed by atoms with van der Waals surface area (Å²) in [6.45, 7) is 4.00. The summed E-state index contributed by atoms with van der Waals surface area (Å²) in [7, 11) is 3.28. The third kappa shape index (κ3) is 5.20. The highest BCUT2D eigenvalue weighted by Gasteiger charge is 2.26. The van der Waals surface area contributed by atoms with Gasteiger partial charge in [-0.05, 0) is 25.1 Å². The molecular weight excluding hydrogens is 295 g/mol. The van der Waals surface area contributed by atoms with Crippen LogP contribution in [0.5, 0.6) is 0 Å². The first-order valence-electron chi connectivity index (χ1n) is 6.93. The third-order valence-corrected chi connectivity index (χ3v) is 3.70. The maximum absolute atomic E-state index is 14.1. The van der Waals surface area contributed by atoms with Crippen LogP contribution in [0, 0.1) is 5.82 Å². The van der Waals surface area contributed by atoms with Crippen molar-refractivity contribution in [2.75, 3.05) is 40.5 Å². The Hall–Kier alpha value is -0.720. The molecule has 1 aromatic rings. The second kappa shape index (κ2) is 9.33. The first-order chi connectivity index (χ1) is 10.0. The van der Waals surface area contributed by atoms with E-state index in [1.54, 1.807) is 20.3 Å². The zero-order valence-corrected chi connectivity index (χ0v) is 13.6. The predicted octanol–water partition coefficient (Wildman–Crippen LogP) is 2.46. The van der Waals surface area contributed by atoms with Gasteiger partial charge in [0.25, 0.3) is 0 Å². The number of nitrogens with two attached hydrogens (primary N) is 1. The number of halogens is 2. The molecule has 0 spiro atoms. The van der Waals surface area contributed by atoms with Gasteiger partial charge in [0.2, 0.25) is 0 Å². The van der Waals surface area contributed by atoms with Crippen molar-refractivity contribution in [3.05, 3.63) is 34.6 Å². The molecule has 0 aromatic heterocycles. The van der Waals surface area contributed by atoms with Crippen molar-refractivity contribution in [3.63, 3.8) is 0 Å². The van der Waals surface area contributed by atoms with Gasteiger partial charge in [-0.3, -0.25) is 4.90 Å². The van der Waals surface area contributed by atoms with E-state index in [1.807, 2.05) is 6.92 Å². The highest BCUT2D eigenvalue weighted by Crippen LogP contribution is 2.27. The Kier molecular flexibility index (Phi) is 8.14. The van der Waals surface area contributed by atoms with E-state index in [0.29, 0.717) is 30.3 Å². The summed E-state index contributed by atoms with van der Waals surface area (Å²) in [5.74, 6) is -0.304. The largest absolute Gasteiger partial charge is 0.383 e. The quantitative estimate of drug-likeness (QED) is 0.760. The minimum atomic E-state index is -0.304. The molecule has 0 aliphatic rings. The summed E-state index contributed by atoms with van der Waals surface area (Å²) < 4.78 is 24.5. The predicted molar refractivity (Wildman–Crippen MR) is 83.1 cm³/mol. The molecule has 0 fully saturated rings. The van der Waals surface area contributed by atoms with Crippen LogP contribution >= 0.6 is 11.6 Å². The molecule has 0 radical (unpaired) electrons. The van der Waals surface area contributed by atoms with Crippen molar-refractivity contribution in [2.45, 2.75) is 19.0 Å². The summed E-state index contributed by atoms with van der Waals surface area (Å²) in [4.78, 5) is 2.09. The van der Waals surface area contributed by atoms with Crippen LogP contribution in [0.15, 0.2) is 18.2 Å². The molecular formula is C15H24ClFN2O2. The van der Waals surface area contributed by atoms with Crippen molar-refractivity contribution in [1.29, 1.82) is 0 Å². The minimum Gasteiger partial charge on any atom is -0.383 e. The summed E-state index contributed by atoms with van der Waals surface area (Å²) in [5.41, 5.74) is 6.40. The molecule has 0 amide bonds. The molecule has 0 heterocycles. The zero-order chi connectivity index (χ0) is 15.8. The smallest absolute Gasteiger partial charge is 0.128 e. The van der Waals surface area contributed by atoms with Gasteiger partial charge in [0, 0.05) is 43.9 Å². The van der Waals surface area contributed by atoms with E-state index in [2.05, 4.69) is 4.90 Å². The van der Waals surface area contributed by atoms with Crippen LogP contribution in [-0.2, 0) is 9.47 Å². The maximum Gasteiger partial charge on any atom is 0.128 e. The molecule has 120 valence electrons. The Bertz CT molecular complexity index is 434. The molecule has 0 aliphatic heterocycles. The van der Waals surface area contributed by atoms with Crippen LogP contribution in [0.2, 0.25) is 5.02 Å². The van der Waals surface area contributed by atoms with Crippen LogP contribution in [0.4, 0.5) is 4.39 Å². The maximum atomic E-state index is 14.1. The van der Waals surface area contributed by atoms with Crippen molar-refractivity contribution < 1.29 is 13.9 Å². The number of methoxy groups -OCH3 is 2. The number of ether oxygens (including phenoxy) is 2. The summed E-state index contributed by atoms with van der Waals surface area (Å²) in [5, 5.41) is 0.496. The fraction of sp³-hybridized carbons (Fsp3) is 0.600. The van der Waals surface area contributed by atoms with Gasteiger partial charge in [0.05, 0.1) is 19.3 Å². The van der Waals surface area contributed by atoms with Gasteiger partial charge < -0.3 is 15.2 Å². The Morgan fingerprint density at radius 2 is 2.05 bits per heavy atom. The lowest BCUT2D eigenvalue weighted by Crippen LogP contribution is -2.44. The number of rotatable bonds is 9. The van der Waals surface area contributed by atoms with E-state index in [-0.39, 0.29) is 24.4 Å². The molecule has 0 bridgehead atoms. The summed E-state index contributed by atoms with van der Waals surface area (Å²) in [6.07, 6.45) is 0. The zero-order valence-electron chi connectivity index (χ0n) is 12.8. The van der Waals surface area contributed by atoms with E-state index < -0.39 is 0 Å². The molecule has 1 rings (SSSR count). The number of benzene rings is 1. The SMILES string of the molecule is COCCN(C(C)COC)C(CN)c1cc(Cl)ccc1F. The van der Waals surface area contributed by atoms with E-state index in [1.165, 1.54) is 12.1 Å². The van der Waals surface area contributed by atoms with Crippen LogP contribution in [0.1, 0.15) is 18.5 Å². The fourth-order valence-corrected chi connectivity index (χ4v) is 2.61. The Morgan fingerprint density at radius 1 is 1.33 bits per heavy atom. The summed E-state index contributed by atoms with van der Waals surface area (Å²) in [6, 6.07) is 4.34. The Balaban J connectivity index is 3.07. The topological polar surface area (TPSA) is 47.7 Å². The van der Waals surface area contributed by atoms with Gasteiger partial charge in [-0.2, -0.15) is 0 Å². The van der Waals surface area contributed by atoms with Crippen molar-refractivity contribution in [2.24, 2.45) is 5.73 Å². The molecule has 1 aromatic carbocycles. The number of hydrogen-bond acceptors (Lipinski definition) is 4. The highest BCUT2D eigenvalue weighted by atomic mass is 35.5. The molecule has 0 aliphatic carbocycles. The minimum absolute atomic E-state index is 0.0806. The van der Waals surface area contributed by atoms with Crippen LogP contribution in [-0.4, -0.2) is 51.5 Å². The van der Waals surface area contributed by atoms with Crippen molar-refractivity contribution in [1.82, 2.24) is 4.90 Å². The molecule has 2 atom stereocenters. The normalized spacial score (nSPS) is 14.4. The second-order valence-electron chi connectivity index (χ2n) is 4.95. The third-order valence-electron chi connectivity index (χ3n) is 3.47. The highest BCUT2D eigenvalue weighted by molar-refractivity contribution is 6.30. The molecule has 0 saturated heterocycles. The molecule has 2 N–H and O–H groups in total. The number of hydrogen-bond donors (Lipinski definition) is 1. The Morgan fingerprint density at radius 3 is 2.62 bits per heavy atom. The average molecular weight is 319 g/mol. The van der Waals surface area contributed by atoms with E-state index >= 15 is 0 Å². The lowest BCUT2D eigenvalue weighted by atomic mass is 10.0. The molecule has 0 saturated carbocycles. The average Bonchev–Trinajstić information content (AvgIpc) is 2.46. The first kappa shape index (κ1) is 18.3. The van der Waals surface area contributed by atoms with Gasteiger partial charge in [0.1, 0.15) is 5.82 Å². The van der Waals surface area contributed by atoms with Crippen LogP contribution < -0.4 is 5.73 Å². The van der Waals surface area contributed by atoms with E-state index in [4.69, 9.17) is 26.8 Å². The lowest BCUT2D eigenvalue weighted by Gasteiger charge is -2.36. The first-order valence-corrected chi connectivity index (χ1v) is 7.31. The van der Waals surface area contributed by atoms with Crippen molar-refractivity contribution in [3.8, 4) is 0 Å². The second-order valence-corrected chi connectivity index (χ2v) is 5.39. The fourth-order valence-electron chi connectivity index (χ4n) is 2.43.